The first-order chi connectivity index (χ1) is 9.95. The summed E-state index contributed by atoms with van der Waals surface area (Å²) >= 11 is 0. The highest BCUT2D eigenvalue weighted by molar-refractivity contribution is 7.89. The van der Waals surface area contributed by atoms with Gasteiger partial charge in [-0.1, -0.05) is 0 Å². The average molecular weight is 311 g/mol. The molecular formula is C15H25N3O2S. The van der Waals surface area contributed by atoms with E-state index < -0.39 is 10.0 Å². The van der Waals surface area contributed by atoms with E-state index in [1.807, 2.05) is 6.07 Å². The lowest BCUT2D eigenvalue weighted by Gasteiger charge is -2.13. The molecule has 2 aliphatic rings. The monoisotopic (exact) mass is 311 g/mol. The lowest BCUT2D eigenvalue weighted by atomic mass is 10.3. The first-order valence-corrected chi connectivity index (χ1v) is 9.38. The number of hydrogen-bond donors (Lipinski definition) is 2. The maximum atomic E-state index is 12.4. The van der Waals surface area contributed by atoms with Gasteiger partial charge in [0.15, 0.2) is 0 Å². The van der Waals surface area contributed by atoms with Gasteiger partial charge in [0.05, 0.1) is 4.90 Å². The molecule has 2 N–H and O–H groups in total. The number of aromatic nitrogens is 1. The lowest BCUT2D eigenvalue weighted by molar-refractivity contribution is 0.549. The Morgan fingerprint density at radius 1 is 1.29 bits per heavy atom. The van der Waals surface area contributed by atoms with E-state index >= 15 is 0 Å². The first-order valence-electron chi connectivity index (χ1n) is 7.89. The fraction of sp³-hybridized carbons (Fsp3) is 0.733. The highest BCUT2D eigenvalue weighted by Crippen LogP contribution is 2.28. The smallest absolute Gasteiger partial charge is 0.242 e. The number of sulfonamides is 1. The molecule has 0 radical (unpaired) electrons. The zero-order chi connectivity index (χ0) is 15.0. The molecule has 6 heteroatoms. The van der Waals surface area contributed by atoms with Crippen molar-refractivity contribution >= 4 is 10.0 Å². The number of hydrogen-bond acceptors (Lipinski definition) is 3. The topological polar surface area (TPSA) is 63.1 Å². The average Bonchev–Trinajstić information content (AvgIpc) is 3.33. The van der Waals surface area contributed by atoms with Gasteiger partial charge in [0.1, 0.15) is 0 Å². The van der Waals surface area contributed by atoms with E-state index in [1.54, 1.807) is 6.20 Å². The van der Waals surface area contributed by atoms with Crippen LogP contribution in [0.5, 0.6) is 0 Å². The highest BCUT2D eigenvalue weighted by atomic mass is 32.2. The van der Waals surface area contributed by atoms with Gasteiger partial charge in [-0.15, -0.1) is 0 Å². The summed E-state index contributed by atoms with van der Waals surface area (Å²) in [6, 6.07) is 2.69. The van der Waals surface area contributed by atoms with Crippen molar-refractivity contribution in [3.63, 3.8) is 0 Å². The molecule has 5 nitrogen and oxygen atoms in total. The quantitative estimate of drug-likeness (QED) is 0.772. The second kappa shape index (κ2) is 5.74. The molecule has 1 heterocycles. The third-order valence-corrected chi connectivity index (χ3v) is 5.57. The molecule has 21 heavy (non-hydrogen) atoms. The predicted molar refractivity (Wildman–Crippen MR) is 82.6 cm³/mol. The zero-order valence-electron chi connectivity index (χ0n) is 12.8. The van der Waals surface area contributed by atoms with E-state index in [2.05, 4.69) is 28.5 Å². The van der Waals surface area contributed by atoms with Crippen LogP contribution in [0.25, 0.3) is 0 Å². The Kier molecular flexibility index (Phi) is 4.12. The Bertz CT molecular complexity index is 598. The van der Waals surface area contributed by atoms with Crippen LogP contribution in [0.15, 0.2) is 17.2 Å². The van der Waals surface area contributed by atoms with Gasteiger partial charge < -0.3 is 9.88 Å². The minimum absolute atomic E-state index is 0.258. The van der Waals surface area contributed by atoms with Crippen LogP contribution < -0.4 is 10.0 Å². The number of rotatable bonds is 8. The van der Waals surface area contributed by atoms with E-state index in [-0.39, 0.29) is 6.04 Å². The minimum Gasteiger partial charge on any atom is -0.346 e. The molecule has 0 saturated heterocycles. The van der Waals surface area contributed by atoms with Crippen molar-refractivity contribution in [3.8, 4) is 0 Å². The molecule has 0 unspecified atom stereocenters. The third-order valence-electron chi connectivity index (χ3n) is 4.18. The number of nitrogens with zero attached hydrogens (tertiary/aromatic N) is 1. The fourth-order valence-corrected chi connectivity index (χ4v) is 3.60. The molecule has 118 valence electrons. The van der Waals surface area contributed by atoms with Gasteiger partial charge >= 0.3 is 0 Å². The Labute approximate surface area is 127 Å². The SMILES string of the molecule is CC(C)n1cc(S(=O)(=O)NCC2CC2)cc1CNC1CC1. The molecule has 0 bridgehead atoms. The molecule has 0 spiro atoms. The summed E-state index contributed by atoms with van der Waals surface area (Å²) in [4.78, 5) is 0.393. The van der Waals surface area contributed by atoms with Crippen LogP contribution in [0.3, 0.4) is 0 Å². The van der Waals surface area contributed by atoms with E-state index in [0.29, 0.717) is 23.4 Å². The van der Waals surface area contributed by atoms with E-state index in [9.17, 15) is 8.42 Å². The molecule has 0 aromatic carbocycles. The maximum Gasteiger partial charge on any atom is 0.242 e. The normalized spacial score (nSPS) is 19.4. The first kappa shape index (κ1) is 15.1. The van der Waals surface area contributed by atoms with Crippen LogP contribution in [0, 0.1) is 5.92 Å². The highest BCUT2D eigenvalue weighted by Gasteiger charge is 2.26. The molecule has 1 aromatic rings. The molecule has 0 atom stereocenters. The summed E-state index contributed by atoms with van der Waals surface area (Å²) in [5.74, 6) is 0.544. The van der Waals surface area contributed by atoms with Crippen molar-refractivity contribution in [3.05, 3.63) is 18.0 Å². The largest absolute Gasteiger partial charge is 0.346 e. The van der Waals surface area contributed by atoms with Crippen molar-refractivity contribution in [2.45, 2.75) is 63.1 Å². The van der Waals surface area contributed by atoms with E-state index in [4.69, 9.17) is 0 Å². The zero-order valence-corrected chi connectivity index (χ0v) is 13.6. The van der Waals surface area contributed by atoms with Crippen molar-refractivity contribution in [1.82, 2.24) is 14.6 Å². The van der Waals surface area contributed by atoms with Crippen LogP contribution in [0.4, 0.5) is 0 Å². The fourth-order valence-electron chi connectivity index (χ4n) is 2.44. The molecule has 2 saturated carbocycles. The Balaban J connectivity index is 1.74. The molecule has 0 amide bonds. The van der Waals surface area contributed by atoms with Gasteiger partial charge in [-0.25, -0.2) is 13.1 Å². The molecule has 2 aliphatic carbocycles. The van der Waals surface area contributed by atoms with Crippen LogP contribution in [-0.4, -0.2) is 25.6 Å². The summed E-state index contributed by atoms with van der Waals surface area (Å²) in [5, 5.41) is 3.46. The predicted octanol–water partition coefficient (Wildman–Crippen LogP) is 2.01. The Hall–Kier alpha value is -0.850. The Morgan fingerprint density at radius 2 is 2.00 bits per heavy atom. The van der Waals surface area contributed by atoms with E-state index in [0.717, 1.165) is 25.1 Å². The standard InChI is InChI=1S/C15H25N3O2S/c1-11(2)18-10-15(7-14(18)9-16-13-5-6-13)21(19,20)17-8-12-3-4-12/h7,10-13,16-17H,3-6,8-9H2,1-2H3. The second-order valence-corrected chi connectivity index (χ2v) is 8.39. The van der Waals surface area contributed by atoms with Gasteiger partial charge in [0, 0.05) is 37.1 Å². The summed E-state index contributed by atoms with van der Waals surface area (Å²) < 4.78 is 29.5. The Morgan fingerprint density at radius 3 is 2.57 bits per heavy atom. The molecule has 0 aliphatic heterocycles. The number of nitrogens with one attached hydrogen (secondary N) is 2. The molecule has 1 aromatic heterocycles. The summed E-state index contributed by atoms with van der Waals surface area (Å²) in [7, 11) is -3.37. The maximum absolute atomic E-state index is 12.4. The van der Waals surface area contributed by atoms with Gasteiger partial charge in [-0.05, 0) is 51.5 Å². The van der Waals surface area contributed by atoms with Gasteiger partial charge in [0.25, 0.3) is 0 Å². The van der Waals surface area contributed by atoms with Crippen molar-refractivity contribution in [1.29, 1.82) is 0 Å². The second-order valence-electron chi connectivity index (χ2n) is 6.62. The molecule has 3 rings (SSSR count). The van der Waals surface area contributed by atoms with Crippen molar-refractivity contribution in [2.24, 2.45) is 5.92 Å². The molecular weight excluding hydrogens is 286 g/mol. The molecule has 2 fully saturated rings. The minimum atomic E-state index is -3.37. The summed E-state index contributed by atoms with van der Waals surface area (Å²) in [5.41, 5.74) is 1.05. The van der Waals surface area contributed by atoms with Crippen LogP contribution in [-0.2, 0) is 16.6 Å². The van der Waals surface area contributed by atoms with Crippen LogP contribution >= 0.6 is 0 Å². The summed E-state index contributed by atoms with van der Waals surface area (Å²) in [6.07, 6.45) is 6.52. The van der Waals surface area contributed by atoms with Gasteiger partial charge in [-0.2, -0.15) is 0 Å². The van der Waals surface area contributed by atoms with Gasteiger partial charge in [-0.3, -0.25) is 0 Å². The van der Waals surface area contributed by atoms with Crippen LogP contribution in [0.1, 0.15) is 51.3 Å². The summed E-state index contributed by atoms with van der Waals surface area (Å²) in [6.45, 7) is 5.47. The lowest BCUT2D eigenvalue weighted by Crippen LogP contribution is -2.25. The van der Waals surface area contributed by atoms with Crippen molar-refractivity contribution < 1.29 is 8.42 Å². The van der Waals surface area contributed by atoms with Crippen molar-refractivity contribution in [2.75, 3.05) is 6.54 Å². The van der Waals surface area contributed by atoms with Gasteiger partial charge in [0.2, 0.25) is 10.0 Å². The van der Waals surface area contributed by atoms with Crippen LogP contribution in [0.2, 0.25) is 0 Å². The van der Waals surface area contributed by atoms with E-state index in [1.165, 1.54) is 12.8 Å². The third kappa shape index (κ3) is 3.87.